The molecule has 0 spiro atoms. The lowest BCUT2D eigenvalue weighted by molar-refractivity contribution is 0.0848. The van der Waals surface area contributed by atoms with Crippen molar-refractivity contribution in [2.75, 3.05) is 13.1 Å². The predicted molar refractivity (Wildman–Crippen MR) is 51.9 cm³/mol. The molecule has 2 rings (SSSR count). The summed E-state index contributed by atoms with van der Waals surface area (Å²) in [6, 6.07) is 0. The van der Waals surface area contributed by atoms with Gasteiger partial charge in [0.15, 0.2) is 5.78 Å². The zero-order valence-electron chi connectivity index (χ0n) is 8.10. The molecular weight excluding hydrogens is 178 g/mol. The minimum Gasteiger partial charge on any atom is -0.316 e. The van der Waals surface area contributed by atoms with Gasteiger partial charge >= 0.3 is 0 Å². The van der Waals surface area contributed by atoms with Crippen LogP contribution in [0.15, 0.2) is 18.6 Å². The van der Waals surface area contributed by atoms with Gasteiger partial charge in [0.25, 0.3) is 0 Å². The van der Waals surface area contributed by atoms with Crippen LogP contribution in [0.3, 0.4) is 0 Å². The third kappa shape index (κ3) is 1.65. The highest BCUT2D eigenvalue weighted by atomic mass is 16.1. The van der Waals surface area contributed by atoms with E-state index in [0.29, 0.717) is 11.6 Å². The average Bonchev–Trinajstić information content (AvgIpc) is 2.15. The number of ketones is 1. The first-order valence-corrected chi connectivity index (χ1v) is 4.80. The smallest absolute Gasteiger partial charge is 0.185 e. The van der Waals surface area contributed by atoms with Crippen LogP contribution in [0.2, 0.25) is 0 Å². The molecule has 0 bridgehead atoms. The Hall–Kier alpha value is -1.29. The monoisotopic (exact) mass is 191 g/mol. The fraction of sp³-hybridized carbons (Fsp3) is 0.500. The molecule has 1 saturated heterocycles. The number of nitrogens with zero attached hydrogens (tertiary/aromatic N) is 2. The quantitative estimate of drug-likeness (QED) is 0.707. The van der Waals surface area contributed by atoms with Gasteiger partial charge in [0.2, 0.25) is 0 Å². The molecule has 1 atom stereocenters. The first-order chi connectivity index (χ1) is 6.79. The fourth-order valence-electron chi connectivity index (χ4n) is 1.54. The molecule has 74 valence electrons. The van der Waals surface area contributed by atoms with E-state index in [1.54, 1.807) is 12.4 Å². The van der Waals surface area contributed by atoms with Crippen molar-refractivity contribution in [2.45, 2.75) is 6.92 Å². The van der Waals surface area contributed by atoms with E-state index in [1.807, 2.05) is 6.92 Å². The fourth-order valence-corrected chi connectivity index (χ4v) is 1.54. The van der Waals surface area contributed by atoms with Crippen LogP contribution in [0.5, 0.6) is 0 Å². The van der Waals surface area contributed by atoms with Crippen molar-refractivity contribution in [1.82, 2.24) is 15.3 Å². The molecule has 1 fully saturated rings. The zero-order chi connectivity index (χ0) is 9.97. The molecule has 0 saturated carbocycles. The summed E-state index contributed by atoms with van der Waals surface area (Å²) in [6.07, 6.45) is 4.66. The van der Waals surface area contributed by atoms with Gasteiger partial charge in [-0.3, -0.25) is 9.78 Å². The van der Waals surface area contributed by atoms with Crippen LogP contribution in [-0.4, -0.2) is 28.8 Å². The average molecular weight is 191 g/mol. The maximum atomic E-state index is 11.8. The number of hydrogen-bond donors (Lipinski definition) is 1. The number of aromatic nitrogens is 2. The highest BCUT2D eigenvalue weighted by Gasteiger charge is 2.29. The molecule has 4 heteroatoms. The first-order valence-electron chi connectivity index (χ1n) is 4.80. The van der Waals surface area contributed by atoms with Crippen LogP contribution in [0.4, 0.5) is 0 Å². The van der Waals surface area contributed by atoms with Crippen LogP contribution >= 0.6 is 0 Å². The van der Waals surface area contributed by atoms with Gasteiger partial charge < -0.3 is 5.32 Å². The van der Waals surface area contributed by atoms with Gasteiger partial charge in [-0.15, -0.1) is 0 Å². The van der Waals surface area contributed by atoms with Crippen LogP contribution in [-0.2, 0) is 0 Å². The van der Waals surface area contributed by atoms with Gasteiger partial charge in [0.1, 0.15) is 5.69 Å². The summed E-state index contributed by atoms with van der Waals surface area (Å²) in [5.74, 6) is 0.613. The van der Waals surface area contributed by atoms with E-state index >= 15 is 0 Å². The van der Waals surface area contributed by atoms with E-state index in [-0.39, 0.29) is 11.7 Å². The Morgan fingerprint density at radius 3 is 2.86 bits per heavy atom. The summed E-state index contributed by atoms with van der Waals surface area (Å²) in [5, 5.41) is 3.16. The number of hydrogen-bond acceptors (Lipinski definition) is 4. The summed E-state index contributed by atoms with van der Waals surface area (Å²) in [6.45, 7) is 3.84. The van der Waals surface area contributed by atoms with Gasteiger partial charge in [0.05, 0.1) is 6.20 Å². The molecule has 0 aliphatic carbocycles. The molecule has 1 aliphatic rings. The Balaban J connectivity index is 2.07. The summed E-state index contributed by atoms with van der Waals surface area (Å²) < 4.78 is 0. The molecule has 1 aromatic rings. The summed E-state index contributed by atoms with van der Waals surface area (Å²) in [5.41, 5.74) is 0.479. The van der Waals surface area contributed by atoms with Crippen LogP contribution in [0.1, 0.15) is 17.4 Å². The number of carbonyl (C=O) groups excluding carboxylic acids is 1. The van der Waals surface area contributed by atoms with Crippen molar-refractivity contribution < 1.29 is 4.79 Å². The third-order valence-corrected chi connectivity index (χ3v) is 2.75. The van der Waals surface area contributed by atoms with Crippen molar-refractivity contribution >= 4 is 5.78 Å². The number of nitrogens with one attached hydrogen (secondary N) is 1. The van der Waals surface area contributed by atoms with E-state index in [4.69, 9.17) is 0 Å². The molecule has 1 unspecified atom stereocenters. The van der Waals surface area contributed by atoms with Crippen molar-refractivity contribution in [3.05, 3.63) is 24.3 Å². The van der Waals surface area contributed by atoms with E-state index in [1.165, 1.54) is 6.20 Å². The van der Waals surface area contributed by atoms with Crippen LogP contribution in [0.25, 0.3) is 0 Å². The van der Waals surface area contributed by atoms with Gasteiger partial charge in [0, 0.05) is 18.3 Å². The highest BCUT2D eigenvalue weighted by molar-refractivity contribution is 5.95. The molecule has 0 radical (unpaired) electrons. The van der Waals surface area contributed by atoms with Gasteiger partial charge in [-0.05, 0) is 19.0 Å². The lowest BCUT2D eigenvalue weighted by Gasteiger charge is -2.31. The van der Waals surface area contributed by atoms with Gasteiger partial charge in [-0.2, -0.15) is 0 Å². The van der Waals surface area contributed by atoms with Crippen molar-refractivity contribution in [1.29, 1.82) is 0 Å². The first kappa shape index (κ1) is 9.27. The summed E-state index contributed by atoms with van der Waals surface area (Å²) in [4.78, 5) is 19.7. The maximum Gasteiger partial charge on any atom is 0.185 e. The minimum absolute atomic E-state index is 0.0490. The molecule has 2 heterocycles. The Kier molecular flexibility index (Phi) is 2.54. The minimum atomic E-state index is 0.0490. The van der Waals surface area contributed by atoms with Crippen LogP contribution in [0, 0.1) is 11.8 Å². The second kappa shape index (κ2) is 3.84. The van der Waals surface area contributed by atoms with E-state index in [2.05, 4.69) is 15.3 Å². The Morgan fingerprint density at radius 2 is 2.36 bits per heavy atom. The molecule has 0 aromatic carbocycles. The number of rotatable bonds is 3. The van der Waals surface area contributed by atoms with E-state index < -0.39 is 0 Å². The second-order valence-corrected chi connectivity index (χ2v) is 3.66. The number of carbonyl (C=O) groups is 1. The van der Waals surface area contributed by atoms with Crippen molar-refractivity contribution in [2.24, 2.45) is 11.8 Å². The molecule has 1 aromatic heterocycles. The van der Waals surface area contributed by atoms with Crippen molar-refractivity contribution in [3.63, 3.8) is 0 Å². The maximum absolute atomic E-state index is 11.8. The summed E-state index contributed by atoms with van der Waals surface area (Å²) >= 11 is 0. The summed E-state index contributed by atoms with van der Waals surface area (Å²) in [7, 11) is 0. The zero-order valence-corrected chi connectivity index (χ0v) is 8.10. The molecule has 1 N–H and O–H groups in total. The SMILES string of the molecule is CC(C(=O)c1cnccn1)C1CNC1. The normalized spacial score (nSPS) is 18.6. The second-order valence-electron chi connectivity index (χ2n) is 3.66. The Morgan fingerprint density at radius 1 is 1.57 bits per heavy atom. The Labute approximate surface area is 82.8 Å². The molecule has 4 nitrogen and oxygen atoms in total. The lowest BCUT2D eigenvalue weighted by Crippen LogP contribution is -2.47. The van der Waals surface area contributed by atoms with Crippen molar-refractivity contribution in [3.8, 4) is 0 Å². The van der Waals surface area contributed by atoms with Gasteiger partial charge in [-0.1, -0.05) is 6.92 Å². The number of Topliss-reactive ketones (excluding diaryl/α,β-unsaturated/α-hetero) is 1. The molecular formula is C10H13N3O. The highest BCUT2D eigenvalue weighted by Crippen LogP contribution is 2.19. The molecule has 14 heavy (non-hydrogen) atoms. The Bertz CT molecular complexity index is 321. The van der Waals surface area contributed by atoms with Gasteiger partial charge in [-0.25, -0.2) is 4.98 Å². The van der Waals surface area contributed by atoms with E-state index in [0.717, 1.165) is 13.1 Å². The van der Waals surface area contributed by atoms with Crippen LogP contribution < -0.4 is 5.32 Å². The standard InChI is InChI=1S/C10H13N3O/c1-7(8-4-12-5-8)10(14)9-6-11-2-3-13-9/h2-3,6-8,12H,4-5H2,1H3. The molecule has 0 amide bonds. The largest absolute Gasteiger partial charge is 0.316 e. The lowest BCUT2D eigenvalue weighted by atomic mass is 9.85. The van der Waals surface area contributed by atoms with E-state index in [9.17, 15) is 4.79 Å². The third-order valence-electron chi connectivity index (χ3n) is 2.75. The predicted octanol–water partition coefficient (Wildman–Crippen LogP) is 0.515. The molecule has 1 aliphatic heterocycles. The topological polar surface area (TPSA) is 54.9 Å².